The van der Waals surface area contributed by atoms with E-state index in [1.807, 2.05) is 38.1 Å². The molecule has 2 atom stereocenters. The molecule has 1 aromatic rings. The summed E-state index contributed by atoms with van der Waals surface area (Å²) in [6.45, 7) is 7.32. The van der Waals surface area contributed by atoms with Crippen LogP contribution in [0.1, 0.15) is 37.9 Å². The van der Waals surface area contributed by atoms with Gasteiger partial charge in [-0.2, -0.15) is 0 Å². The number of hydrogen-bond acceptors (Lipinski definition) is 3. The maximum Gasteiger partial charge on any atom is 0.506 e. The van der Waals surface area contributed by atoms with Crippen LogP contribution >= 0.6 is 0 Å². The second kappa shape index (κ2) is 6.93. The molecule has 5 nitrogen and oxygen atoms in total. The molecule has 0 aromatic heterocycles. The summed E-state index contributed by atoms with van der Waals surface area (Å²) in [5.41, 5.74) is 2.10. The summed E-state index contributed by atoms with van der Waals surface area (Å²) in [5.74, 6) is -0.646. The lowest BCUT2D eigenvalue weighted by Crippen LogP contribution is -2.41. The minimum Gasteiger partial charge on any atom is -0.450 e. The van der Waals surface area contributed by atoms with Crippen molar-refractivity contribution in [2.24, 2.45) is 5.92 Å². The van der Waals surface area contributed by atoms with Crippen LogP contribution in [0, 0.1) is 12.8 Å². The molecule has 0 spiro atoms. The number of ether oxygens (including phenoxy) is 1. The van der Waals surface area contributed by atoms with Crippen LogP contribution in [0.4, 0.5) is 4.79 Å². The molecule has 0 heterocycles. The first-order chi connectivity index (χ1) is 9.31. The fourth-order valence-corrected chi connectivity index (χ4v) is 1.83. The molecular formula is C15H21NO4. The predicted molar refractivity (Wildman–Crippen MR) is 75.5 cm³/mol. The Balaban J connectivity index is 2.72. The number of amides is 1. The predicted octanol–water partition coefficient (Wildman–Crippen LogP) is 2.89. The molecule has 1 rings (SSSR count). The van der Waals surface area contributed by atoms with Gasteiger partial charge in [-0.3, -0.25) is 4.79 Å². The van der Waals surface area contributed by atoms with Gasteiger partial charge in [0.05, 0.1) is 6.04 Å². The number of aryl methyl sites for hydroxylation is 1. The standard InChI is InChI=1S/C15H21NO4/c1-9(2)13(20-15(18)19)14(17)16-11(4)12-7-5-10(3)6-8-12/h5-9,11,13H,1-4H3,(H,16,17)(H,18,19). The van der Waals surface area contributed by atoms with Crippen molar-refractivity contribution in [2.75, 3.05) is 0 Å². The third-order valence-corrected chi connectivity index (χ3v) is 3.03. The van der Waals surface area contributed by atoms with Crippen molar-refractivity contribution in [3.63, 3.8) is 0 Å². The zero-order valence-electron chi connectivity index (χ0n) is 12.2. The van der Waals surface area contributed by atoms with E-state index < -0.39 is 18.2 Å². The molecule has 20 heavy (non-hydrogen) atoms. The molecule has 0 radical (unpaired) electrons. The van der Waals surface area contributed by atoms with Gasteiger partial charge in [0.25, 0.3) is 5.91 Å². The summed E-state index contributed by atoms with van der Waals surface area (Å²) in [5, 5.41) is 11.4. The molecule has 0 aliphatic carbocycles. The Morgan fingerprint density at radius 1 is 1.15 bits per heavy atom. The van der Waals surface area contributed by atoms with Gasteiger partial charge in [-0.05, 0) is 25.3 Å². The van der Waals surface area contributed by atoms with Crippen molar-refractivity contribution in [2.45, 2.75) is 39.8 Å². The van der Waals surface area contributed by atoms with Crippen LogP contribution in [-0.2, 0) is 9.53 Å². The van der Waals surface area contributed by atoms with Crippen molar-refractivity contribution in [1.82, 2.24) is 5.32 Å². The first-order valence-electron chi connectivity index (χ1n) is 6.57. The summed E-state index contributed by atoms with van der Waals surface area (Å²) >= 11 is 0. The minimum atomic E-state index is -1.44. The number of rotatable bonds is 5. The van der Waals surface area contributed by atoms with E-state index in [0.29, 0.717) is 0 Å². The van der Waals surface area contributed by atoms with Crippen molar-refractivity contribution in [1.29, 1.82) is 0 Å². The van der Waals surface area contributed by atoms with Crippen LogP contribution in [-0.4, -0.2) is 23.3 Å². The summed E-state index contributed by atoms with van der Waals surface area (Å²) in [6.07, 6.45) is -2.44. The Labute approximate surface area is 118 Å². The van der Waals surface area contributed by atoms with Gasteiger partial charge in [-0.15, -0.1) is 0 Å². The van der Waals surface area contributed by atoms with Crippen LogP contribution in [0.15, 0.2) is 24.3 Å². The quantitative estimate of drug-likeness (QED) is 0.813. The summed E-state index contributed by atoms with van der Waals surface area (Å²) in [6, 6.07) is 7.59. The highest BCUT2D eigenvalue weighted by atomic mass is 16.7. The summed E-state index contributed by atoms with van der Waals surface area (Å²) in [4.78, 5) is 22.7. The van der Waals surface area contributed by atoms with Gasteiger partial charge in [0.1, 0.15) is 0 Å². The fraction of sp³-hybridized carbons (Fsp3) is 0.467. The van der Waals surface area contributed by atoms with E-state index in [-0.39, 0.29) is 12.0 Å². The first kappa shape index (κ1) is 16.0. The number of carboxylic acid groups (broad SMARTS) is 1. The van der Waals surface area contributed by atoms with Crippen LogP contribution in [0.3, 0.4) is 0 Å². The van der Waals surface area contributed by atoms with E-state index in [2.05, 4.69) is 10.1 Å². The highest BCUT2D eigenvalue weighted by Crippen LogP contribution is 2.15. The highest BCUT2D eigenvalue weighted by molar-refractivity contribution is 5.83. The molecule has 1 aromatic carbocycles. The van der Waals surface area contributed by atoms with E-state index in [0.717, 1.165) is 11.1 Å². The number of carbonyl (C=O) groups is 2. The molecule has 0 fully saturated rings. The van der Waals surface area contributed by atoms with Gasteiger partial charge in [-0.1, -0.05) is 43.7 Å². The lowest BCUT2D eigenvalue weighted by molar-refractivity contribution is -0.133. The van der Waals surface area contributed by atoms with E-state index >= 15 is 0 Å². The smallest absolute Gasteiger partial charge is 0.450 e. The Morgan fingerprint density at radius 2 is 1.70 bits per heavy atom. The Kier molecular flexibility index (Phi) is 5.55. The average molecular weight is 279 g/mol. The van der Waals surface area contributed by atoms with Gasteiger partial charge >= 0.3 is 6.16 Å². The molecule has 0 aliphatic heterocycles. The maximum atomic E-state index is 12.1. The number of benzene rings is 1. The zero-order valence-corrected chi connectivity index (χ0v) is 12.2. The average Bonchev–Trinajstić information content (AvgIpc) is 2.35. The maximum absolute atomic E-state index is 12.1. The van der Waals surface area contributed by atoms with Gasteiger partial charge in [0, 0.05) is 0 Å². The molecule has 0 bridgehead atoms. The Bertz CT molecular complexity index is 467. The summed E-state index contributed by atoms with van der Waals surface area (Å²) < 4.78 is 4.63. The first-order valence-corrected chi connectivity index (χ1v) is 6.57. The van der Waals surface area contributed by atoms with Gasteiger partial charge in [0.2, 0.25) is 0 Å². The third-order valence-electron chi connectivity index (χ3n) is 3.03. The van der Waals surface area contributed by atoms with Crippen molar-refractivity contribution in [3.8, 4) is 0 Å². The topological polar surface area (TPSA) is 75.6 Å². The third kappa shape index (κ3) is 4.57. The number of nitrogens with one attached hydrogen (secondary N) is 1. The lowest BCUT2D eigenvalue weighted by atomic mass is 10.0. The van der Waals surface area contributed by atoms with Gasteiger partial charge in [-0.25, -0.2) is 4.79 Å². The van der Waals surface area contributed by atoms with Crippen LogP contribution in [0.25, 0.3) is 0 Å². The summed E-state index contributed by atoms with van der Waals surface area (Å²) in [7, 11) is 0. The highest BCUT2D eigenvalue weighted by Gasteiger charge is 2.27. The van der Waals surface area contributed by atoms with Crippen molar-refractivity contribution in [3.05, 3.63) is 35.4 Å². The molecule has 5 heteroatoms. The Hall–Kier alpha value is -2.04. The number of hydrogen-bond donors (Lipinski definition) is 2. The van der Waals surface area contributed by atoms with E-state index in [4.69, 9.17) is 5.11 Å². The molecule has 2 N–H and O–H groups in total. The lowest BCUT2D eigenvalue weighted by Gasteiger charge is -2.22. The monoisotopic (exact) mass is 279 g/mol. The van der Waals surface area contributed by atoms with E-state index in [9.17, 15) is 9.59 Å². The molecule has 0 saturated carbocycles. The van der Waals surface area contributed by atoms with Crippen molar-refractivity contribution >= 4 is 12.1 Å². The zero-order chi connectivity index (χ0) is 15.3. The second-order valence-corrected chi connectivity index (χ2v) is 5.19. The molecular weight excluding hydrogens is 258 g/mol. The fourth-order valence-electron chi connectivity index (χ4n) is 1.83. The van der Waals surface area contributed by atoms with Gasteiger partial charge < -0.3 is 15.2 Å². The van der Waals surface area contributed by atoms with Crippen LogP contribution in [0.2, 0.25) is 0 Å². The molecule has 0 aliphatic rings. The number of carbonyl (C=O) groups excluding carboxylic acids is 1. The second-order valence-electron chi connectivity index (χ2n) is 5.19. The Morgan fingerprint density at radius 3 is 2.15 bits per heavy atom. The van der Waals surface area contributed by atoms with E-state index in [1.54, 1.807) is 13.8 Å². The molecule has 0 saturated heterocycles. The minimum absolute atomic E-state index is 0.207. The van der Waals surface area contributed by atoms with Crippen LogP contribution < -0.4 is 5.32 Å². The van der Waals surface area contributed by atoms with Crippen LogP contribution in [0.5, 0.6) is 0 Å². The molecule has 1 amide bonds. The van der Waals surface area contributed by atoms with Crippen molar-refractivity contribution < 1.29 is 19.4 Å². The van der Waals surface area contributed by atoms with E-state index in [1.165, 1.54) is 0 Å². The van der Waals surface area contributed by atoms with Gasteiger partial charge in [0.15, 0.2) is 6.10 Å². The SMILES string of the molecule is Cc1ccc(C(C)NC(=O)C(OC(=O)O)C(C)C)cc1. The molecule has 2 unspecified atom stereocenters. The molecule has 110 valence electrons. The normalized spacial score (nSPS) is 13.7. The largest absolute Gasteiger partial charge is 0.506 e.